The van der Waals surface area contributed by atoms with Crippen LogP contribution in [-0.2, 0) is 9.59 Å². The molecule has 0 saturated carbocycles. The van der Waals surface area contributed by atoms with Gasteiger partial charge in [-0.1, -0.05) is 29.3 Å². The van der Waals surface area contributed by atoms with Crippen molar-refractivity contribution in [3.63, 3.8) is 0 Å². The molecule has 0 fully saturated rings. The number of anilines is 2. The van der Waals surface area contributed by atoms with E-state index in [1.165, 1.54) is 7.11 Å². The molecule has 3 rings (SSSR count). The summed E-state index contributed by atoms with van der Waals surface area (Å²) >= 11 is 6.20. The Morgan fingerprint density at radius 2 is 1.70 bits per heavy atom. The van der Waals surface area contributed by atoms with Gasteiger partial charge in [-0.05, 0) is 37.6 Å². The van der Waals surface area contributed by atoms with E-state index in [0.29, 0.717) is 22.9 Å². The fourth-order valence-corrected chi connectivity index (χ4v) is 3.14. The summed E-state index contributed by atoms with van der Waals surface area (Å²) in [6.07, 6.45) is 0. The summed E-state index contributed by atoms with van der Waals surface area (Å²) in [6.45, 7) is 3.79. The average Bonchev–Trinajstić information content (AvgIpc) is 2.86. The number of nitrogens with zero attached hydrogens (tertiary/aromatic N) is 1. The molecule has 7 heteroatoms. The van der Waals surface area contributed by atoms with Crippen LogP contribution >= 0.6 is 11.6 Å². The fraction of sp³-hybridized carbons (Fsp3) is 0.200. The van der Waals surface area contributed by atoms with Crippen molar-refractivity contribution in [2.45, 2.75) is 13.8 Å². The van der Waals surface area contributed by atoms with Crippen molar-refractivity contribution in [3.05, 3.63) is 58.3 Å². The Hall–Kier alpha value is -2.99. The molecule has 0 spiro atoms. The summed E-state index contributed by atoms with van der Waals surface area (Å²) in [5, 5.41) is 2.76. The van der Waals surface area contributed by atoms with Gasteiger partial charge in [0, 0.05) is 6.07 Å². The van der Waals surface area contributed by atoms with Crippen molar-refractivity contribution in [3.8, 4) is 11.5 Å². The van der Waals surface area contributed by atoms with Gasteiger partial charge in [-0.3, -0.25) is 9.59 Å². The minimum atomic E-state index is -0.566. The highest BCUT2D eigenvalue weighted by molar-refractivity contribution is 6.53. The first kappa shape index (κ1) is 18.8. The van der Waals surface area contributed by atoms with Crippen LogP contribution in [0.1, 0.15) is 11.1 Å². The maximum absolute atomic E-state index is 12.9. The van der Waals surface area contributed by atoms with Crippen molar-refractivity contribution in [1.29, 1.82) is 0 Å². The minimum Gasteiger partial charge on any atom is -0.497 e. The van der Waals surface area contributed by atoms with E-state index in [1.54, 1.807) is 31.4 Å². The smallest absolute Gasteiger partial charge is 0.283 e. The highest BCUT2D eigenvalue weighted by Crippen LogP contribution is 2.35. The summed E-state index contributed by atoms with van der Waals surface area (Å²) in [4.78, 5) is 26.6. The first-order chi connectivity index (χ1) is 12.9. The lowest BCUT2D eigenvalue weighted by Gasteiger charge is -2.18. The molecule has 2 amide bonds. The van der Waals surface area contributed by atoms with E-state index in [4.69, 9.17) is 21.1 Å². The number of hydrogen-bond donors (Lipinski definition) is 1. The van der Waals surface area contributed by atoms with Gasteiger partial charge in [0.1, 0.15) is 22.2 Å². The third-order valence-corrected chi connectivity index (χ3v) is 4.64. The van der Waals surface area contributed by atoms with E-state index >= 15 is 0 Å². The van der Waals surface area contributed by atoms with Gasteiger partial charge in [-0.15, -0.1) is 0 Å². The van der Waals surface area contributed by atoms with Crippen LogP contribution in [0, 0.1) is 13.8 Å². The Balaban J connectivity index is 1.96. The Morgan fingerprint density at radius 1 is 0.963 bits per heavy atom. The second-order valence-electron chi connectivity index (χ2n) is 6.12. The molecule has 2 aromatic carbocycles. The lowest BCUT2D eigenvalue weighted by atomic mass is 10.1. The zero-order chi connectivity index (χ0) is 19.7. The molecule has 1 N–H and O–H groups in total. The predicted molar refractivity (Wildman–Crippen MR) is 104 cm³/mol. The number of halogens is 1. The Bertz CT molecular complexity index is 968. The number of methoxy groups -OCH3 is 2. The summed E-state index contributed by atoms with van der Waals surface area (Å²) in [6, 6.07) is 10.5. The number of rotatable bonds is 5. The molecule has 140 valence electrons. The van der Waals surface area contributed by atoms with Crippen LogP contribution in [0.4, 0.5) is 11.4 Å². The van der Waals surface area contributed by atoms with E-state index in [9.17, 15) is 9.59 Å². The quantitative estimate of drug-likeness (QED) is 0.792. The molecule has 1 aliphatic heterocycles. The molecule has 0 saturated heterocycles. The van der Waals surface area contributed by atoms with E-state index < -0.39 is 11.8 Å². The van der Waals surface area contributed by atoms with Crippen LogP contribution in [0.3, 0.4) is 0 Å². The number of carbonyl (C=O) groups is 2. The van der Waals surface area contributed by atoms with Crippen LogP contribution < -0.4 is 19.7 Å². The normalized spacial score (nSPS) is 14.0. The maximum Gasteiger partial charge on any atom is 0.283 e. The second-order valence-corrected chi connectivity index (χ2v) is 6.49. The highest BCUT2D eigenvalue weighted by Gasteiger charge is 2.39. The van der Waals surface area contributed by atoms with E-state index in [0.717, 1.165) is 16.0 Å². The summed E-state index contributed by atoms with van der Waals surface area (Å²) < 4.78 is 10.5. The maximum atomic E-state index is 12.9. The number of hydrogen-bond acceptors (Lipinski definition) is 5. The molecular weight excluding hydrogens is 368 g/mol. The molecule has 0 aliphatic carbocycles. The van der Waals surface area contributed by atoms with E-state index in [-0.39, 0.29) is 10.7 Å². The molecule has 1 heterocycles. The monoisotopic (exact) mass is 386 g/mol. The Kier molecular flexibility index (Phi) is 5.10. The van der Waals surface area contributed by atoms with Gasteiger partial charge >= 0.3 is 0 Å². The van der Waals surface area contributed by atoms with Gasteiger partial charge in [-0.2, -0.15) is 0 Å². The number of ether oxygens (including phenoxy) is 2. The van der Waals surface area contributed by atoms with Gasteiger partial charge in [-0.25, -0.2) is 4.90 Å². The highest BCUT2D eigenvalue weighted by atomic mass is 35.5. The Morgan fingerprint density at radius 3 is 2.33 bits per heavy atom. The molecule has 27 heavy (non-hydrogen) atoms. The predicted octanol–water partition coefficient (Wildman–Crippen LogP) is 3.76. The van der Waals surface area contributed by atoms with Crippen molar-refractivity contribution in [2.75, 3.05) is 24.4 Å². The number of imide groups is 1. The molecule has 0 bridgehead atoms. The number of benzene rings is 2. The summed E-state index contributed by atoms with van der Waals surface area (Å²) in [5.41, 5.74) is 2.85. The van der Waals surface area contributed by atoms with Crippen LogP contribution in [0.5, 0.6) is 11.5 Å². The average molecular weight is 387 g/mol. The van der Waals surface area contributed by atoms with E-state index in [1.807, 2.05) is 26.0 Å². The molecule has 1 aliphatic rings. The topological polar surface area (TPSA) is 67.9 Å². The lowest BCUT2D eigenvalue weighted by molar-refractivity contribution is -0.120. The van der Waals surface area contributed by atoms with Crippen LogP contribution in [-0.4, -0.2) is 26.0 Å². The lowest BCUT2D eigenvalue weighted by Crippen LogP contribution is -2.32. The number of aryl methyl sites for hydroxylation is 2. The van der Waals surface area contributed by atoms with Crippen LogP contribution in [0.25, 0.3) is 0 Å². The molecule has 0 unspecified atom stereocenters. The number of amides is 2. The van der Waals surface area contributed by atoms with Gasteiger partial charge < -0.3 is 14.8 Å². The van der Waals surface area contributed by atoms with Crippen LogP contribution in [0.2, 0.25) is 0 Å². The summed E-state index contributed by atoms with van der Waals surface area (Å²) in [5.74, 6) is -0.0295. The van der Waals surface area contributed by atoms with Crippen molar-refractivity contribution in [2.24, 2.45) is 0 Å². The zero-order valence-electron chi connectivity index (χ0n) is 15.4. The van der Waals surface area contributed by atoms with Gasteiger partial charge in [0.2, 0.25) is 0 Å². The third-order valence-electron chi connectivity index (χ3n) is 4.29. The number of nitrogens with one attached hydrogen (secondary N) is 1. The molecule has 0 radical (unpaired) electrons. The first-order valence-electron chi connectivity index (χ1n) is 8.22. The van der Waals surface area contributed by atoms with Crippen molar-refractivity contribution in [1.82, 2.24) is 0 Å². The first-order valence-corrected chi connectivity index (χ1v) is 8.60. The SMILES string of the molecule is COc1ccc(NC2=C(Cl)C(=O)N(c3ccc(C)cc3C)C2=O)c(OC)c1. The van der Waals surface area contributed by atoms with E-state index in [2.05, 4.69) is 5.32 Å². The largest absolute Gasteiger partial charge is 0.497 e. The van der Waals surface area contributed by atoms with Gasteiger partial charge in [0.05, 0.1) is 25.6 Å². The van der Waals surface area contributed by atoms with Crippen molar-refractivity contribution >= 4 is 34.8 Å². The zero-order valence-corrected chi connectivity index (χ0v) is 16.2. The standard InChI is InChI=1S/C20H19ClN2O4/c1-11-5-8-15(12(2)9-11)23-19(24)17(21)18(20(23)25)22-14-7-6-13(26-3)10-16(14)27-4/h5-10,22H,1-4H3. The molecule has 2 aromatic rings. The summed E-state index contributed by atoms with van der Waals surface area (Å²) in [7, 11) is 3.04. The molecular formula is C20H19ClN2O4. The minimum absolute atomic E-state index is 0.00473. The molecule has 0 aromatic heterocycles. The number of carbonyl (C=O) groups excluding carboxylic acids is 2. The fourth-order valence-electron chi connectivity index (χ4n) is 2.92. The second kappa shape index (κ2) is 7.32. The van der Waals surface area contributed by atoms with Gasteiger partial charge in [0.25, 0.3) is 11.8 Å². The van der Waals surface area contributed by atoms with Gasteiger partial charge in [0.15, 0.2) is 0 Å². The van der Waals surface area contributed by atoms with Crippen LogP contribution in [0.15, 0.2) is 47.1 Å². The third kappa shape index (κ3) is 3.36. The Labute approximate surface area is 162 Å². The molecule has 0 atom stereocenters. The molecule has 6 nitrogen and oxygen atoms in total. The van der Waals surface area contributed by atoms with Crippen molar-refractivity contribution < 1.29 is 19.1 Å².